The highest BCUT2D eigenvalue weighted by atomic mass is 79.9. The molecule has 1 heterocycles. The summed E-state index contributed by atoms with van der Waals surface area (Å²) >= 11 is 8.45. The first kappa shape index (κ1) is 18.9. The third-order valence-corrected chi connectivity index (χ3v) is 6.33. The fourth-order valence-corrected chi connectivity index (χ4v) is 4.61. The van der Waals surface area contributed by atoms with Crippen molar-refractivity contribution in [3.8, 4) is 11.1 Å². The van der Waals surface area contributed by atoms with Crippen LogP contribution in [0.4, 0.5) is 0 Å². The van der Waals surface area contributed by atoms with Crippen molar-refractivity contribution in [1.29, 1.82) is 0 Å². The number of hydrogen-bond donors (Lipinski definition) is 0. The van der Waals surface area contributed by atoms with E-state index in [9.17, 15) is 4.79 Å². The molecule has 1 aliphatic carbocycles. The van der Waals surface area contributed by atoms with Crippen LogP contribution in [-0.4, -0.2) is 5.97 Å². The minimum atomic E-state index is -0.118. The molecule has 0 aliphatic heterocycles. The van der Waals surface area contributed by atoms with Gasteiger partial charge >= 0.3 is 5.97 Å². The van der Waals surface area contributed by atoms with E-state index in [0.717, 1.165) is 8.96 Å². The number of hydrogen-bond acceptors (Lipinski definition) is 3. The standard InChI is InChI=1S/C20H20Br2O2S/c1-12-13(5-4-6-15(12)14-7-8-25-11-14)10-24-19(23)18-16(9-17(21)22)20(18,2)3/h4-9,11,16,18H,10H2,1-3H3. The van der Waals surface area contributed by atoms with Crippen LogP contribution < -0.4 is 0 Å². The number of esters is 1. The van der Waals surface area contributed by atoms with E-state index < -0.39 is 0 Å². The molecule has 2 unspecified atom stereocenters. The van der Waals surface area contributed by atoms with Gasteiger partial charge in [-0.15, -0.1) is 0 Å². The monoisotopic (exact) mass is 482 g/mol. The number of benzene rings is 1. The van der Waals surface area contributed by atoms with Crippen LogP contribution in [0, 0.1) is 24.2 Å². The average Bonchev–Trinajstić information content (AvgIpc) is 2.93. The summed E-state index contributed by atoms with van der Waals surface area (Å²) in [6, 6.07) is 8.28. The first-order valence-corrected chi connectivity index (χ1v) is 10.7. The van der Waals surface area contributed by atoms with E-state index in [-0.39, 0.29) is 23.2 Å². The van der Waals surface area contributed by atoms with Gasteiger partial charge in [0.1, 0.15) is 6.61 Å². The first-order chi connectivity index (χ1) is 11.8. The van der Waals surface area contributed by atoms with Crippen molar-refractivity contribution in [2.24, 2.45) is 17.3 Å². The van der Waals surface area contributed by atoms with Gasteiger partial charge in [0.05, 0.1) is 9.31 Å². The zero-order valence-corrected chi connectivity index (χ0v) is 18.4. The summed E-state index contributed by atoms with van der Waals surface area (Å²) in [5.74, 6) is -0.00205. The molecule has 25 heavy (non-hydrogen) atoms. The molecular weight excluding hydrogens is 464 g/mol. The van der Waals surface area contributed by atoms with Crippen LogP contribution in [0.3, 0.4) is 0 Å². The van der Waals surface area contributed by atoms with Gasteiger partial charge in [0.25, 0.3) is 0 Å². The van der Waals surface area contributed by atoms with Crippen molar-refractivity contribution in [3.05, 3.63) is 55.6 Å². The van der Waals surface area contributed by atoms with Gasteiger partial charge in [-0.05, 0) is 89.2 Å². The van der Waals surface area contributed by atoms with Crippen molar-refractivity contribution in [2.75, 3.05) is 0 Å². The molecule has 2 aromatic rings. The molecule has 1 saturated carbocycles. The second-order valence-corrected chi connectivity index (χ2v) is 10.5. The maximum atomic E-state index is 12.5. The topological polar surface area (TPSA) is 26.3 Å². The molecule has 0 amide bonds. The summed E-state index contributed by atoms with van der Waals surface area (Å²) in [6.07, 6.45) is 2.04. The summed E-state index contributed by atoms with van der Waals surface area (Å²) < 4.78 is 6.54. The van der Waals surface area contributed by atoms with E-state index in [1.54, 1.807) is 11.3 Å². The van der Waals surface area contributed by atoms with E-state index in [1.165, 1.54) is 16.7 Å². The Kier molecular flexibility index (Phi) is 5.57. The predicted octanol–water partition coefficient (Wildman–Crippen LogP) is 6.67. The Labute approximate surface area is 169 Å². The average molecular weight is 484 g/mol. The Morgan fingerprint density at radius 1 is 1.32 bits per heavy atom. The van der Waals surface area contributed by atoms with Crippen molar-refractivity contribution in [2.45, 2.75) is 27.4 Å². The van der Waals surface area contributed by atoms with Crippen LogP contribution in [0.15, 0.2) is 44.5 Å². The summed E-state index contributed by atoms with van der Waals surface area (Å²) in [5.41, 5.74) is 4.59. The first-order valence-electron chi connectivity index (χ1n) is 8.13. The zero-order valence-electron chi connectivity index (χ0n) is 14.4. The summed E-state index contributed by atoms with van der Waals surface area (Å²) in [6.45, 7) is 6.61. The number of allylic oxidation sites excluding steroid dienone is 1. The van der Waals surface area contributed by atoms with Gasteiger partial charge in [0, 0.05) is 0 Å². The lowest BCUT2D eigenvalue weighted by molar-refractivity contribution is -0.147. The molecule has 0 bridgehead atoms. The SMILES string of the molecule is Cc1c(COC(=O)C2C(C=C(Br)Br)C2(C)C)cccc1-c1ccsc1. The molecule has 0 N–H and O–H groups in total. The van der Waals surface area contributed by atoms with Gasteiger partial charge in [-0.2, -0.15) is 11.3 Å². The van der Waals surface area contributed by atoms with Gasteiger partial charge in [-0.25, -0.2) is 0 Å². The number of rotatable bonds is 5. The van der Waals surface area contributed by atoms with Gasteiger partial charge < -0.3 is 4.74 Å². The van der Waals surface area contributed by atoms with Gasteiger partial charge in [-0.3, -0.25) is 4.79 Å². The minimum Gasteiger partial charge on any atom is -0.461 e. The van der Waals surface area contributed by atoms with Crippen LogP contribution in [0.1, 0.15) is 25.0 Å². The summed E-state index contributed by atoms with van der Waals surface area (Å²) in [4.78, 5) is 12.5. The number of carbonyl (C=O) groups is 1. The van der Waals surface area contributed by atoms with Gasteiger partial charge in [-0.1, -0.05) is 38.1 Å². The quantitative estimate of drug-likeness (QED) is 0.444. The van der Waals surface area contributed by atoms with Crippen molar-refractivity contribution >= 4 is 49.2 Å². The molecule has 1 aromatic carbocycles. The Hall–Kier alpha value is -0.910. The summed E-state index contributed by atoms with van der Waals surface area (Å²) in [7, 11) is 0. The number of ether oxygens (including phenoxy) is 1. The molecular formula is C20H20Br2O2S. The molecule has 2 nitrogen and oxygen atoms in total. The molecule has 2 atom stereocenters. The van der Waals surface area contributed by atoms with E-state index in [2.05, 4.69) is 75.5 Å². The third kappa shape index (κ3) is 3.93. The van der Waals surface area contributed by atoms with Crippen molar-refractivity contribution in [3.63, 3.8) is 0 Å². The van der Waals surface area contributed by atoms with E-state index in [4.69, 9.17) is 4.74 Å². The largest absolute Gasteiger partial charge is 0.461 e. The molecule has 0 radical (unpaired) electrons. The lowest BCUT2D eigenvalue weighted by Crippen LogP contribution is -2.11. The zero-order chi connectivity index (χ0) is 18.2. The highest BCUT2D eigenvalue weighted by Crippen LogP contribution is 2.60. The van der Waals surface area contributed by atoms with Crippen LogP contribution in [-0.2, 0) is 16.1 Å². The Balaban J connectivity index is 1.70. The van der Waals surface area contributed by atoms with Crippen LogP contribution in [0.2, 0.25) is 0 Å². The highest BCUT2D eigenvalue weighted by Gasteiger charge is 2.61. The molecule has 1 aromatic heterocycles. The second kappa shape index (κ2) is 7.37. The second-order valence-electron chi connectivity index (χ2n) is 6.99. The van der Waals surface area contributed by atoms with Crippen LogP contribution in [0.5, 0.6) is 0 Å². The molecule has 1 aliphatic rings. The lowest BCUT2D eigenvalue weighted by Gasteiger charge is -2.11. The van der Waals surface area contributed by atoms with E-state index >= 15 is 0 Å². The Bertz CT molecular complexity index is 805. The Morgan fingerprint density at radius 2 is 2.08 bits per heavy atom. The predicted molar refractivity (Wildman–Crippen MR) is 111 cm³/mol. The lowest BCUT2D eigenvalue weighted by atomic mass is 9.99. The molecule has 0 spiro atoms. The smallest absolute Gasteiger partial charge is 0.310 e. The van der Waals surface area contributed by atoms with E-state index in [1.807, 2.05) is 18.2 Å². The number of carbonyl (C=O) groups excluding carboxylic acids is 1. The fourth-order valence-electron chi connectivity index (χ4n) is 3.38. The highest BCUT2D eigenvalue weighted by molar-refractivity contribution is 9.28. The van der Waals surface area contributed by atoms with Crippen molar-refractivity contribution < 1.29 is 9.53 Å². The fraction of sp³-hybridized carbons (Fsp3) is 0.350. The molecule has 5 heteroatoms. The number of halogens is 2. The summed E-state index contributed by atoms with van der Waals surface area (Å²) in [5, 5.41) is 4.21. The maximum Gasteiger partial charge on any atom is 0.310 e. The normalized spacial score (nSPS) is 20.8. The maximum absolute atomic E-state index is 12.5. The third-order valence-electron chi connectivity index (χ3n) is 5.12. The van der Waals surface area contributed by atoms with E-state index in [0.29, 0.717) is 6.61 Å². The molecule has 0 saturated heterocycles. The molecule has 132 valence electrons. The minimum absolute atomic E-state index is 0.0581. The van der Waals surface area contributed by atoms with Gasteiger partial charge in [0.15, 0.2) is 0 Å². The number of thiophene rings is 1. The van der Waals surface area contributed by atoms with Crippen LogP contribution in [0.25, 0.3) is 11.1 Å². The Morgan fingerprint density at radius 3 is 2.72 bits per heavy atom. The van der Waals surface area contributed by atoms with Crippen molar-refractivity contribution in [1.82, 2.24) is 0 Å². The molecule has 3 rings (SSSR count). The molecule has 1 fully saturated rings. The van der Waals surface area contributed by atoms with Gasteiger partial charge in [0.2, 0.25) is 0 Å². The van der Waals surface area contributed by atoms with Crippen LogP contribution >= 0.6 is 43.2 Å².